The second-order valence-corrected chi connectivity index (χ2v) is 4.00. The van der Waals surface area contributed by atoms with Gasteiger partial charge < -0.3 is 11.1 Å². The first kappa shape index (κ1) is 11.9. The van der Waals surface area contributed by atoms with Crippen molar-refractivity contribution < 1.29 is 4.79 Å². The molecule has 0 bridgehead atoms. The molecule has 92 valence electrons. The summed E-state index contributed by atoms with van der Waals surface area (Å²) >= 11 is 0. The third-order valence-electron chi connectivity index (χ3n) is 2.53. The molecular formula is C10H16N6O. The van der Waals surface area contributed by atoms with Crippen LogP contribution in [0, 0.1) is 6.92 Å². The fraction of sp³-hybridized carbons (Fsp3) is 0.500. The Kier molecular flexibility index (Phi) is 3.62. The number of nitrogens with two attached hydrogens (primary N) is 1. The summed E-state index contributed by atoms with van der Waals surface area (Å²) in [5.74, 6) is 0.612. The third-order valence-corrected chi connectivity index (χ3v) is 2.53. The zero-order chi connectivity index (χ0) is 12.3. The summed E-state index contributed by atoms with van der Waals surface area (Å²) in [6, 6.07) is 1.49. The molecule has 5 N–H and O–H groups in total. The molecule has 2 unspecified atom stereocenters. The first-order valence-electron chi connectivity index (χ1n) is 5.48. The predicted octanol–water partition coefficient (Wildman–Crippen LogP) is -1.45. The highest BCUT2D eigenvalue weighted by Gasteiger charge is 2.26. The van der Waals surface area contributed by atoms with Crippen molar-refractivity contribution in [2.45, 2.75) is 32.1 Å². The monoisotopic (exact) mass is 236 g/mol. The first-order chi connectivity index (χ1) is 8.15. The number of nitrogens with one attached hydrogen (secondary N) is 3. The topological polar surface area (TPSA) is 105 Å². The Morgan fingerprint density at radius 1 is 1.65 bits per heavy atom. The van der Waals surface area contributed by atoms with Crippen molar-refractivity contribution in [2.75, 3.05) is 0 Å². The minimum atomic E-state index is -0.284. The summed E-state index contributed by atoms with van der Waals surface area (Å²) < 4.78 is 0. The van der Waals surface area contributed by atoms with E-state index >= 15 is 0 Å². The number of amides is 1. The van der Waals surface area contributed by atoms with Gasteiger partial charge in [0.2, 0.25) is 5.91 Å². The number of aromatic nitrogens is 2. The van der Waals surface area contributed by atoms with Crippen LogP contribution >= 0.6 is 0 Å². The summed E-state index contributed by atoms with van der Waals surface area (Å²) in [5.41, 5.74) is 12.0. The Morgan fingerprint density at radius 2 is 2.47 bits per heavy atom. The number of nitrogens with zero attached hydrogens (tertiary/aromatic N) is 2. The van der Waals surface area contributed by atoms with Crippen LogP contribution < -0.4 is 21.9 Å². The number of hydrazine groups is 1. The quantitative estimate of drug-likeness (QED) is 0.512. The van der Waals surface area contributed by atoms with Crippen LogP contribution in [-0.2, 0) is 11.3 Å². The maximum absolute atomic E-state index is 11.7. The van der Waals surface area contributed by atoms with E-state index in [1.54, 1.807) is 12.3 Å². The Bertz CT molecular complexity index is 410. The number of rotatable bonds is 3. The van der Waals surface area contributed by atoms with Crippen molar-refractivity contribution in [3.8, 4) is 0 Å². The maximum atomic E-state index is 11.7. The Hall–Kier alpha value is -1.57. The van der Waals surface area contributed by atoms with Gasteiger partial charge in [0.05, 0.1) is 18.4 Å². The molecule has 2 heterocycles. The molecule has 2 rings (SSSR count). The molecule has 0 aliphatic carbocycles. The smallest absolute Gasteiger partial charge is 0.238 e. The third kappa shape index (κ3) is 3.19. The lowest BCUT2D eigenvalue weighted by molar-refractivity contribution is -0.123. The lowest BCUT2D eigenvalue weighted by Crippen LogP contribution is -2.43. The molecule has 2 atom stereocenters. The molecule has 1 fully saturated rings. The van der Waals surface area contributed by atoms with Crippen LogP contribution in [0.4, 0.5) is 0 Å². The van der Waals surface area contributed by atoms with E-state index in [1.165, 1.54) is 0 Å². The second kappa shape index (κ2) is 5.17. The van der Waals surface area contributed by atoms with Crippen molar-refractivity contribution in [1.82, 2.24) is 26.1 Å². The van der Waals surface area contributed by atoms with Crippen LogP contribution in [-0.4, -0.2) is 28.1 Å². The van der Waals surface area contributed by atoms with Gasteiger partial charge in [0.1, 0.15) is 11.9 Å². The SMILES string of the molecule is Cc1nccc(CNC(=O)C2CC(N)NN2)n1. The molecule has 17 heavy (non-hydrogen) atoms. The number of aryl methyl sites for hydroxylation is 1. The van der Waals surface area contributed by atoms with Gasteiger partial charge in [-0.2, -0.15) is 0 Å². The minimum absolute atomic E-state index is 0.0817. The molecule has 1 amide bonds. The highest BCUT2D eigenvalue weighted by atomic mass is 16.2. The largest absolute Gasteiger partial charge is 0.349 e. The van der Waals surface area contributed by atoms with Crippen molar-refractivity contribution in [3.05, 3.63) is 23.8 Å². The average Bonchev–Trinajstić information content (AvgIpc) is 2.73. The molecular weight excluding hydrogens is 220 g/mol. The van der Waals surface area contributed by atoms with Crippen molar-refractivity contribution in [2.24, 2.45) is 5.73 Å². The predicted molar refractivity (Wildman–Crippen MR) is 61.3 cm³/mol. The van der Waals surface area contributed by atoms with E-state index in [1.807, 2.05) is 6.92 Å². The number of hydrogen-bond donors (Lipinski definition) is 4. The summed E-state index contributed by atoms with van der Waals surface area (Å²) in [6.07, 6.45) is 2.08. The molecule has 1 aromatic heterocycles. The van der Waals surface area contributed by atoms with Gasteiger partial charge in [-0.05, 0) is 13.0 Å². The first-order valence-corrected chi connectivity index (χ1v) is 5.48. The minimum Gasteiger partial charge on any atom is -0.349 e. The molecule has 0 radical (unpaired) electrons. The van der Waals surface area contributed by atoms with Crippen LogP contribution in [0.5, 0.6) is 0 Å². The molecule has 1 saturated heterocycles. The van der Waals surface area contributed by atoms with E-state index in [9.17, 15) is 4.79 Å². The van der Waals surface area contributed by atoms with Crippen LogP contribution in [0.1, 0.15) is 17.9 Å². The Morgan fingerprint density at radius 3 is 3.12 bits per heavy atom. The van der Waals surface area contributed by atoms with Gasteiger partial charge in [-0.1, -0.05) is 0 Å². The zero-order valence-corrected chi connectivity index (χ0v) is 9.60. The second-order valence-electron chi connectivity index (χ2n) is 4.00. The van der Waals surface area contributed by atoms with E-state index in [2.05, 4.69) is 26.1 Å². The molecule has 1 aliphatic heterocycles. The van der Waals surface area contributed by atoms with Gasteiger partial charge in [-0.3, -0.25) is 4.79 Å². The van der Waals surface area contributed by atoms with Crippen LogP contribution in [0.2, 0.25) is 0 Å². The fourth-order valence-corrected chi connectivity index (χ4v) is 1.66. The van der Waals surface area contributed by atoms with E-state index in [-0.39, 0.29) is 18.1 Å². The van der Waals surface area contributed by atoms with Crippen molar-refractivity contribution >= 4 is 5.91 Å². The van der Waals surface area contributed by atoms with Crippen LogP contribution in [0.15, 0.2) is 12.3 Å². The standard InChI is InChI=1S/C10H16N6O/c1-6-12-3-2-7(14-6)5-13-10(17)8-4-9(11)16-15-8/h2-3,8-9,15-16H,4-5,11H2,1H3,(H,13,17). The van der Waals surface area contributed by atoms with Gasteiger partial charge in [-0.15, -0.1) is 0 Å². The van der Waals surface area contributed by atoms with Gasteiger partial charge in [0, 0.05) is 12.6 Å². The zero-order valence-electron chi connectivity index (χ0n) is 9.60. The Balaban J connectivity index is 1.84. The number of carbonyl (C=O) groups is 1. The average molecular weight is 236 g/mol. The molecule has 0 saturated carbocycles. The van der Waals surface area contributed by atoms with Gasteiger partial charge in [0.25, 0.3) is 0 Å². The van der Waals surface area contributed by atoms with Gasteiger partial charge >= 0.3 is 0 Å². The van der Waals surface area contributed by atoms with Crippen LogP contribution in [0.25, 0.3) is 0 Å². The van der Waals surface area contributed by atoms with Gasteiger partial charge in [0.15, 0.2) is 0 Å². The highest BCUT2D eigenvalue weighted by molar-refractivity contribution is 5.81. The number of carbonyl (C=O) groups excluding carboxylic acids is 1. The van der Waals surface area contributed by atoms with E-state index < -0.39 is 0 Å². The van der Waals surface area contributed by atoms with E-state index in [4.69, 9.17) is 5.73 Å². The maximum Gasteiger partial charge on any atom is 0.238 e. The van der Waals surface area contributed by atoms with Crippen LogP contribution in [0.3, 0.4) is 0 Å². The summed E-state index contributed by atoms with van der Waals surface area (Å²) in [5, 5.41) is 2.80. The fourth-order valence-electron chi connectivity index (χ4n) is 1.66. The van der Waals surface area contributed by atoms with Crippen molar-refractivity contribution in [1.29, 1.82) is 0 Å². The van der Waals surface area contributed by atoms with E-state index in [0.29, 0.717) is 18.8 Å². The summed E-state index contributed by atoms with van der Waals surface area (Å²) in [6.45, 7) is 2.21. The molecule has 1 aromatic rings. The molecule has 0 spiro atoms. The summed E-state index contributed by atoms with van der Waals surface area (Å²) in [4.78, 5) is 19.9. The Labute approximate surface area is 99.2 Å². The summed E-state index contributed by atoms with van der Waals surface area (Å²) in [7, 11) is 0. The lowest BCUT2D eigenvalue weighted by atomic mass is 10.2. The van der Waals surface area contributed by atoms with Gasteiger partial charge in [-0.25, -0.2) is 20.8 Å². The lowest BCUT2D eigenvalue weighted by Gasteiger charge is -2.10. The van der Waals surface area contributed by atoms with Crippen molar-refractivity contribution in [3.63, 3.8) is 0 Å². The molecule has 0 aromatic carbocycles. The number of hydrogen-bond acceptors (Lipinski definition) is 6. The molecule has 1 aliphatic rings. The van der Waals surface area contributed by atoms with E-state index in [0.717, 1.165) is 5.69 Å². The molecule has 7 heteroatoms. The normalized spacial score (nSPS) is 23.6. The highest BCUT2D eigenvalue weighted by Crippen LogP contribution is 2.01. The molecule has 7 nitrogen and oxygen atoms in total.